The number of rotatable bonds is 5. The number of carbonyl (C=O) groups excluding carboxylic acids is 1. The Morgan fingerprint density at radius 3 is 2.96 bits per heavy atom. The van der Waals surface area contributed by atoms with Crippen LogP contribution in [0.4, 0.5) is 10.5 Å². The number of aliphatic hydroxyl groups excluding tert-OH is 1. The van der Waals surface area contributed by atoms with Crippen molar-refractivity contribution in [3.63, 3.8) is 0 Å². The van der Waals surface area contributed by atoms with Gasteiger partial charge in [0.25, 0.3) is 0 Å². The standard InChI is InChI=1S/C16H17N5O3/c1-10-18-15(21-20-10)11-4-2-5-12(8-11)19-16(23)17-9-13(22)14-6-3-7-24-14/h2-8,13,22H,9H2,1H3,(H2,17,19,23)(H,18,20,21). The molecule has 0 radical (unpaired) electrons. The number of amides is 2. The Balaban J connectivity index is 1.58. The molecule has 0 bridgehead atoms. The highest BCUT2D eigenvalue weighted by Crippen LogP contribution is 2.19. The van der Waals surface area contributed by atoms with Crippen molar-refractivity contribution in [2.75, 3.05) is 11.9 Å². The molecule has 2 aromatic heterocycles. The molecule has 3 rings (SSSR count). The number of nitrogens with zero attached hydrogens (tertiary/aromatic N) is 2. The first-order chi connectivity index (χ1) is 11.6. The first-order valence-electron chi connectivity index (χ1n) is 7.37. The Morgan fingerprint density at radius 2 is 2.25 bits per heavy atom. The van der Waals surface area contributed by atoms with Crippen LogP contribution in [0.3, 0.4) is 0 Å². The Hall–Kier alpha value is -3.13. The summed E-state index contributed by atoms with van der Waals surface area (Å²) in [5.74, 6) is 1.68. The monoisotopic (exact) mass is 327 g/mol. The molecule has 1 aromatic carbocycles. The average Bonchev–Trinajstić information content (AvgIpc) is 3.24. The lowest BCUT2D eigenvalue weighted by Crippen LogP contribution is -2.32. The number of H-pyrrole nitrogens is 1. The molecule has 1 atom stereocenters. The number of hydrogen-bond acceptors (Lipinski definition) is 5. The van der Waals surface area contributed by atoms with Crippen LogP contribution in [0.2, 0.25) is 0 Å². The van der Waals surface area contributed by atoms with Crippen LogP contribution in [0.5, 0.6) is 0 Å². The van der Waals surface area contributed by atoms with Crippen LogP contribution in [0.1, 0.15) is 17.7 Å². The van der Waals surface area contributed by atoms with Crippen molar-refractivity contribution < 1.29 is 14.3 Å². The second-order valence-corrected chi connectivity index (χ2v) is 5.19. The van der Waals surface area contributed by atoms with Gasteiger partial charge in [0.2, 0.25) is 0 Å². The first kappa shape index (κ1) is 15.8. The van der Waals surface area contributed by atoms with E-state index in [9.17, 15) is 9.90 Å². The van der Waals surface area contributed by atoms with Gasteiger partial charge < -0.3 is 20.2 Å². The Morgan fingerprint density at radius 1 is 1.38 bits per heavy atom. The summed E-state index contributed by atoms with van der Waals surface area (Å²) in [5.41, 5.74) is 1.38. The van der Waals surface area contributed by atoms with E-state index in [-0.39, 0.29) is 6.54 Å². The van der Waals surface area contributed by atoms with Crippen LogP contribution in [0.25, 0.3) is 11.4 Å². The van der Waals surface area contributed by atoms with E-state index in [0.717, 1.165) is 5.56 Å². The molecule has 124 valence electrons. The number of benzene rings is 1. The summed E-state index contributed by atoms with van der Waals surface area (Å²) in [5, 5.41) is 22.0. The van der Waals surface area contributed by atoms with Crippen molar-refractivity contribution in [3.05, 3.63) is 54.2 Å². The van der Waals surface area contributed by atoms with Gasteiger partial charge in [0, 0.05) is 11.3 Å². The summed E-state index contributed by atoms with van der Waals surface area (Å²) in [7, 11) is 0. The van der Waals surface area contributed by atoms with Crippen molar-refractivity contribution in [2.45, 2.75) is 13.0 Å². The highest BCUT2D eigenvalue weighted by Gasteiger charge is 2.12. The maximum absolute atomic E-state index is 11.9. The fraction of sp³-hybridized carbons (Fsp3) is 0.188. The maximum atomic E-state index is 11.9. The number of urea groups is 1. The molecule has 24 heavy (non-hydrogen) atoms. The number of hydrogen-bond donors (Lipinski definition) is 4. The summed E-state index contributed by atoms with van der Waals surface area (Å²) >= 11 is 0. The zero-order valence-electron chi connectivity index (χ0n) is 13.0. The minimum Gasteiger partial charge on any atom is -0.467 e. The van der Waals surface area contributed by atoms with Crippen molar-refractivity contribution in [1.29, 1.82) is 0 Å². The normalized spacial score (nSPS) is 11.9. The van der Waals surface area contributed by atoms with Crippen LogP contribution in [0, 0.1) is 6.92 Å². The summed E-state index contributed by atoms with van der Waals surface area (Å²) in [6.45, 7) is 1.86. The first-order valence-corrected chi connectivity index (χ1v) is 7.37. The minimum absolute atomic E-state index is 0.0408. The van der Waals surface area contributed by atoms with E-state index >= 15 is 0 Å². The molecular formula is C16H17N5O3. The van der Waals surface area contributed by atoms with Crippen LogP contribution < -0.4 is 10.6 Å². The summed E-state index contributed by atoms with van der Waals surface area (Å²) in [4.78, 5) is 16.2. The molecule has 0 spiro atoms. The van der Waals surface area contributed by atoms with Gasteiger partial charge in [-0.2, -0.15) is 5.10 Å². The largest absolute Gasteiger partial charge is 0.467 e. The summed E-state index contributed by atoms with van der Waals surface area (Å²) in [6, 6.07) is 10.1. The molecule has 0 saturated heterocycles. The van der Waals surface area contributed by atoms with Gasteiger partial charge in [-0.3, -0.25) is 5.10 Å². The van der Waals surface area contributed by atoms with E-state index in [4.69, 9.17) is 4.42 Å². The second-order valence-electron chi connectivity index (χ2n) is 5.19. The van der Waals surface area contributed by atoms with Gasteiger partial charge in [0.05, 0.1) is 12.8 Å². The molecule has 4 N–H and O–H groups in total. The molecule has 8 nitrogen and oxygen atoms in total. The fourth-order valence-corrected chi connectivity index (χ4v) is 2.15. The van der Waals surface area contributed by atoms with E-state index in [2.05, 4.69) is 25.8 Å². The highest BCUT2D eigenvalue weighted by atomic mass is 16.4. The second kappa shape index (κ2) is 6.97. The molecule has 2 heterocycles. The van der Waals surface area contributed by atoms with E-state index in [1.54, 1.807) is 30.3 Å². The molecule has 0 fully saturated rings. The third-order valence-electron chi connectivity index (χ3n) is 3.30. The quantitative estimate of drug-likeness (QED) is 0.573. The van der Waals surface area contributed by atoms with Crippen LogP contribution in [-0.4, -0.2) is 32.9 Å². The zero-order valence-corrected chi connectivity index (χ0v) is 13.0. The number of aliphatic hydroxyl groups is 1. The maximum Gasteiger partial charge on any atom is 0.319 e. The van der Waals surface area contributed by atoms with Crippen molar-refractivity contribution in [1.82, 2.24) is 20.5 Å². The van der Waals surface area contributed by atoms with E-state index in [1.165, 1.54) is 6.26 Å². The third-order valence-corrected chi connectivity index (χ3v) is 3.30. The molecule has 8 heteroatoms. The van der Waals surface area contributed by atoms with Gasteiger partial charge >= 0.3 is 6.03 Å². The molecule has 2 amide bonds. The van der Waals surface area contributed by atoms with Gasteiger partial charge in [-0.1, -0.05) is 12.1 Å². The van der Waals surface area contributed by atoms with Gasteiger partial charge in [-0.05, 0) is 31.2 Å². The number of anilines is 1. The lowest BCUT2D eigenvalue weighted by atomic mass is 10.2. The van der Waals surface area contributed by atoms with E-state index in [0.29, 0.717) is 23.1 Å². The van der Waals surface area contributed by atoms with Gasteiger partial charge in [0.1, 0.15) is 17.7 Å². The van der Waals surface area contributed by atoms with Crippen molar-refractivity contribution >= 4 is 11.7 Å². The Labute approximate surface area is 137 Å². The van der Waals surface area contributed by atoms with Gasteiger partial charge in [-0.15, -0.1) is 0 Å². The molecule has 1 unspecified atom stereocenters. The smallest absolute Gasteiger partial charge is 0.319 e. The van der Waals surface area contributed by atoms with Crippen LogP contribution in [-0.2, 0) is 0 Å². The number of aromatic nitrogens is 3. The number of nitrogens with one attached hydrogen (secondary N) is 3. The average molecular weight is 327 g/mol. The van der Waals surface area contributed by atoms with Crippen molar-refractivity contribution in [2.24, 2.45) is 0 Å². The Bertz CT molecular complexity index is 813. The van der Waals surface area contributed by atoms with Gasteiger partial charge in [0.15, 0.2) is 5.82 Å². The highest BCUT2D eigenvalue weighted by molar-refractivity contribution is 5.89. The summed E-state index contributed by atoms with van der Waals surface area (Å²) in [6.07, 6.45) is 0.572. The predicted octanol–water partition coefficient (Wildman–Crippen LogP) is 2.23. The minimum atomic E-state index is -0.895. The van der Waals surface area contributed by atoms with E-state index in [1.807, 2.05) is 13.0 Å². The Kier molecular flexibility index (Phi) is 4.57. The van der Waals surface area contributed by atoms with Crippen molar-refractivity contribution in [3.8, 4) is 11.4 Å². The lowest BCUT2D eigenvalue weighted by Gasteiger charge is -2.11. The number of aromatic amines is 1. The molecular weight excluding hydrogens is 310 g/mol. The molecule has 0 aliphatic carbocycles. The summed E-state index contributed by atoms with van der Waals surface area (Å²) < 4.78 is 5.07. The SMILES string of the molecule is Cc1nc(-c2cccc(NC(=O)NCC(O)c3ccco3)c2)n[nH]1. The van der Waals surface area contributed by atoms with Crippen LogP contribution >= 0.6 is 0 Å². The number of carbonyl (C=O) groups is 1. The molecule has 0 aliphatic rings. The molecule has 0 saturated carbocycles. The predicted molar refractivity (Wildman–Crippen MR) is 87.2 cm³/mol. The topological polar surface area (TPSA) is 116 Å². The zero-order chi connectivity index (χ0) is 16.9. The fourth-order valence-electron chi connectivity index (χ4n) is 2.15. The molecule has 0 aliphatic heterocycles. The lowest BCUT2D eigenvalue weighted by molar-refractivity contribution is 0.149. The number of furan rings is 1. The van der Waals surface area contributed by atoms with Gasteiger partial charge in [-0.25, -0.2) is 9.78 Å². The van der Waals surface area contributed by atoms with Crippen LogP contribution in [0.15, 0.2) is 47.1 Å². The molecule has 3 aromatic rings. The number of aryl methyl sites for hydroxylation is 1. The van der Waals surface area contributed by atoms with E-state index < -0.39 is 12.1 Å². The third kappa shape index (κ3) is 3.79.